The van der Waals surface area contributed by atoms with Crippen molar-refractivity contribution in [3.63, 3.8) is 0 Å². The molecular weight excluding hydrogens is 317 g/mol. The summed E-state index contributed by atoms with van der Waals surface area (Å²) in [5.41, 5.74) is 1.62. The number of aromatic nitrogens is 2. The number of benzene rings is 1. The van der Waals surface area contributed by atoms with E-state index >= 15 is 0 Å². The van der Waals surface area contributed by atoms with Gasteiger partial charge in [0.1, 0.15) is 11.6 Å². The molecule has 3 rings (SSSR count). The number of piperazine rings is 1. The van der Waals surface area contributed by atoms with Crippen molar-refractivity contribution in [1.82, 2.24) is 9.97 Å². The van der Waals surface area contributed by atoms with E-state index in [1.54, 1.807) is 6.07 Å². The zero-order valence-corrected chi connectivity index (χ0v) is 15.2. The Hall–Kier alpha value is -2.37. The van der Waals surface area contributed by atoms with Gasteiger partial charge in [-0.2, -0.15) is 4.98 Å². The van der Waals surface area contributed by atoms with E-state index in [2.05, 4.69) is 38.9 Å². The molecule has 0 amide bonds. The van der Waals surface area contributed by atoms with Crippen molar-refractivity contribution < 1.29 is 4.39 Å². The zero-order valence-electron chi connectivity index (χ0n) is 15.2. The summed E-state index contributed by atoms with van der Waals surface area (Å²) in [5, 5.41) is 3.42. The van der Waals surface area contributed by atoms with E-state index < -0.39 is 0 Å². The lowest BCUT2D eigenvalue weighted by Gasteiger charge is -2.36. The molecule has 134 valence electrons. The molecule has 1 saturated heterocycles. The standard InChI is InChI=1S/C19H26FN5/c1-4-14(2)21-18-13-15(3)22-19(23-18)25-11-9-24(10-12-25)17-8-6-5-7-16(17)20/h5-8,13-14H,4,9-12H2,1-3H3,(H,21,22,23). The van der Waals surface area contributed by atoms with Crippen LogP contribution in [-0.4, -0.2) is 42.2 Å². The lowest BCUT2D eigenvalue weighted by Crippen LogP contribution is -2.47. The summed E-state index contributed by atoms with van der Waals surface area (Å²) in [7, 11) is 0. The van der Waals surface area contributed by atoms with Crippen molar-refractivity contribution in [3.05, 3.63) is 41.8 Å². The van der Waals surface area contributed by atoms with Gasteiger partial charge in [-0.1, -0.05) is 19.1 Å². The van der Waals surface area contributed by atoms with Gasteiger partial charge < -0.3 is 15.1 Å². The quantitative estimate of drug-likeness (QED) is 0.901. The Balaban J connectivity index is 1.69. The predicted molar refractivity (Wildman–Crippen MR) is 101 cm³/mol. The molecule has 1 aliphatic heterocycles. The Morgan fingerprint density at radius 1 is 1.12 bits per heavy atom. The second kappa shape index (κ2) is 7.68. The van der Waals surface area contributed by atoms with E-state index in [-0.39, 0.29) is 5.82 Å². The summed E-state index contributed by atoms with van der Waals surface area (Å²) >= 11 is 0. The monoisotopic (exact) mass is 343 g/mol. The average Bonchev–Trinajstić information content (AvgIpc) is 2.62. The van der Waals surface area contributed by atoms with Crippen LogP contribution >= 0.6 is 0 Å². The number of anilines is 3. The van der Waals surface area contributed by atoms with Crippen molar-refractivity contribution >= 4 is 17.5 Å². The van der Waals surface area contributed by atoms with Gasteiger partial charge in [-0.05, 0) is 32.4 Å². The van der Waals surface area contributed by atoms with Crippen molar-refractivity contribution in [1.29, 1.82) is 0 Å². The first-order chi connectivity index (χ1) is 12.1. The van der Waals surface area contributed by atoms with Crippen molar-refractivity contribution in [2.75, 3.05) is 41.3 Å². The van der Waals surface area contributed by atoms with Crippen LogP contribution in [0.4, 0.5) is 21.8 Å². The largest absolute Gasteiger partial charge is 0.367 e. The summed E-state index contributed by atoms with van der Waals surface area (Å²) < 4.78 is 14.0. The minimum absolute atomic E-state index is 0.164. The zero-order chi connectivity index (χ0) is 17.8. The molecule has 1 unspecified atom stereocenters. The maximum Gasteiger partial charge on any atom is 0.227 e. The molecule has 1 aromatic carbocycles. The molecule has 1 aliphatic rings. The average molecular weight is 343 g/mol. The van der Waals surface area contributed by atoms with Crippen molar-refractivity contribution in [2.45, 2.75) is 33.2 Å². The highest BCUT2D eigenvalue weighted by Gasteiger charge is 2.21. The molecule has 0 bridgehead atoms. The minimum Gasteiger partial charge on any atom is -0.367 e. The Kier molecular flexibility index (Phi) is 5.36. The smallest absolute Gasteiger partial charge is 0.227 e. The van der Waals surface area contributed by atoms with E-state index in [1.807, 2.05) is 25.1 Å². The lowest BCUT2D eigenvalue weighted by atomic mass is 10.2. The molecular formula is C19H26FN5. The third-order valence-corrected chi connectivity index (χ3v) is 4.60. The third-order valence-electron chi connectivity index (χ3n) is 4.60. The SMILES string of the molecule is CCC(C)Nc1cc(C)nc(N2CCN(c3ccccc3F)CC2)n1. The first-order valence-electron chi connectivity index (χ1n) is 8.93. The molecule has 1 N–H and O–H groups in total. The van der Waals surface area contributed by atoms with Gasteiger partial charge in [0.15, 0.2) is 0 Å². The van der Waals surface area contributed by atoms with Gasteiger partial charge in [-0.25, -0.2) is 9.37 Å². The van der Waals surface area contributed by atoms with Crippen LogP contribution in [0.15, 0.2) is 30.3 Å². The Morgan fingerprint density at radius 3 is 2.48 bits per heavy atom. The summed E-state index contributed by atoms with van der Waals surface area (Å²) in [5.74, 6) is 1.45. The summed E-state index contributed by atoms with van der Waals surface area (Å²) in [6.45, 7) is 9.35. The van der Waals surface area contributed by atoms with Gasteiger partial charge in [0.25, 0.3) is 0 Å². The third kappa shape index (κ3) is 4.18. The molecule has 6 heteroatoms. The van der Waals surface area contributed by atoms with Crippen molar-refractivity contribution in [2.24, 2.45) is 0 Å². The van der Waals surface area contributed by atoms with Crippen LogP contribution in [0.25, 0.3) is 0 Å². The second-order valence-corrected chi connectivity index (χ2v) is 6.57. The number of aryl methyl sites for hydroxylation is 1. The maximum atomic E-state index is 14.0. The molecule has 2 heterocycles. The van der Waals surface area contributed by atoms with Gasteiger partial charge in [-0.15, -0.1) is 0 Å². The Morgan fingerprint density at radius 2 is 1.80 bits per heavy atom. The highest BCUT2D eigenvalue weighted by atomic mass is 19.1. The number of nitrogens with one attached hydrogen (secondary N) is 1. The van der Waals surface area contributed by atoms with Crippen LogP contribution < -0.4 is 15.1 Å². The van der Waals surface area contributed by atoms with E-state index in [4.69, 9.17) is 0 Å². The number of para-hydroxylation sites is 1. The molecule has 1 fully saturated rings. The van der Waals surface area contributed by atoms with Crippen LogP contribution in [0.2, 0.25) is 0 Å². The van der Waals surface area contributed by atoms with Gasteiger partial charge in [0.05, 0.1) is 5.69 Å². The van der Waals surface area contributed by atoms with Gasteiger partial charge in [0.2, 0.25) is 5.95 Å². The van der Waals surface area contributed by atoms with Crippen LogP contribution in [-0.2, 0) is 0 Å². The van der Waals surface area contributed by atoms with Crippen molar-refractivity contribution in [3.8, 4) is 0 Å². The molecule has 5 nitrogen and oxygen atoms in total. The van der Waals surface area contributed by atoms with Gasteiger partial charge >= 0.3 is 0 Å². The normalized spacial score (nSPS) is 16.0. The maximum absolute atomic E-state index is 14.0. The first kappa shape index (κ1) is 17.5. The number of nitrogens with zero attached hydrogens (tertiary/aromatic N) is 4. The minimum atomic E-state index is -0.164. The number of halogens is 1. The first-order valence-corrected chi connectivity index (χ1v) is 8.93. The molecule has 0 aliphatic carbocycles. The fourth-order valence-electron chi connectivity index (χ4n) is 2.98. The van der Waals surface area contributed by atoms with E-state index in [0.717, 1.165) is 50.1 Å². The fraction of sp³-hybridized carbons (Fsp3) is 0.474. The fourth-order valence-corrected chi connectivity index (χ4v) is 2.98. The summed E-state index contributed by atoms with van der Waals surface area (Å²) in [4.78, 5) is 13.5. The highest BCUT2D eigenvalue weighted by molar-refractivity contribution is 5.50. The van der Waals surface area contributed by atoms with E-state index in [1.165, 1.54) is 6.07 Å². The van der Waals surface area contributed by atoms with Crippen LogP contribution in [0, 0.1) is 12.7 Å². The van der Waals surface area contributed by atoms with E-state index in [9.17, 15) is 4.39 Å². The number of hydrogen-bond donors (Lipinski definition) is 1. The topological polar surface area (TPSA) is 44.3 Å². The molecule has 0 radical (unpaired) electrons. The number of rotatable bonds is 5. The van der Waals surface area contributed by atoms with Crippen LogP contribution in [0.3, 0.4) is 0 Å². The van der Waals surface area contributed by atoms with Gasteiger partial charge in [0, 0.05) is 44.0 Å². The molecule has 25 heavy (non-hydrogen) atoms. The Labute approximate surface area is 148 Å². The predicted octanol–water partition coefficient (Wildman–Crippen LogP) is 3.46. The van der Waals surface area contributed by atoms with E-state index in [0.29, 0.717) is 11.7 Å². The Bertz CT molecular complexity index is 713. The van der Waals surface area contributed by atoms with Crippen LogP contribution in [0.5, 0.6) is 0 Å². The lowest BCUT2D eigenvalue weighted by molar-refractivity contribution is 0.593. The highest BCUT2D eigenvalue weighted by Crippen LogP contribution is 2.22. The van der Waals surface area contributed by atoms with Crippen LogP contribution in [0.1, 0.15) is 26.0 Å². The molecule has 0 saturated carbocycles. The molecule has 1 atom stereocenters. The second-order valence-electron chi connectivity index (χ2n) is 6.57. The number of hydrogen-bond acceptors (Lipinski definition) is 5. The molecule has 2 aromatic rings. The summed E-state index contributed by atoms with van der Waals surface area (Å²) in [6.07, 6.45) is 1.04. The molecule has 0 spiro atoms. The van der Waals surface area contributed by atoms with Gasteiger partial charge in [-0.3, -0.25) is 0 Å². The molecule has 1 aromatic heterocycles. The summed E-state index contributed by atoms with van der Waals surface area (Å²) in [6, 6.07) is 9.30.